The Morgan fingerprint density at radius 1 is 1.17 bits per heavy atom. The monoisotopic (exact) mass is 254 g/mol. The second kappa shape index (κ2) is 8.09. The summed E-state index contributed by atoms with van der Waals surface area (Å²) in [5.74, 6) is -0.954. The molecule has 0 saturated carbocycles. The zero-order valence-electron chi connectivity index (χ0n) is 12.0. The molecule has 0 rings (SSSR count). The van der Waals surface area contributed by atoms with Gasteiger partial charge in [-0.05, 0) is 53.4 Å². The van der Waals surface area contributed by atoms with Gasteiger partial charge in [0, 0.05) is 0 Å². The zero-order valence-corrected chi connectivity index (χ0v) is 12.0. The van der Waals surface area contributed by atoms with Gasteiger partial charge in [-0.25, -0.2) is 0 Å². The van der Waals surface area contributed by atoms with Crippen molar-refractivity contribution in [1.29, 1.82) is 0 Å². The van der Waals surface area contributed by atoms with E-state index < -0.39 is 11.6 Å². The van der Waals surface area contributed by atoms with Crippen LogP contribution in [0.3, 0.4) is 0 Å². The van der Waals surface area contributed by atoms with Gasteiger partial charge in [-0.3, -0.25) is 4.79 Å². The van der Waals surface area contributed by atoms with Crippen LogP contribution in [0.4, 0.5) is 0 Å². The van der Waals surface area contributed by atoms with Crippen LogP contribution in [0.25, 0.3) is 0 Å². The van der Waals surface area contributed by atoms with Gasteiger partial charge >= 0.3 is 5.97 Å². The molecule has 0 fully saturated rings. The van der Waals surface area contributed by atoms with Gasteiger partial charge < -0.3 is 10.2 Å². The Bertz CT molecular complexity index is 321. The van der Waals surface area contributed by atoms with Crippen LogP contribution in [0.5, 0.6) is 0 Å². The summed E-state index contributed by atoms with van der Waals surface area (Å²) >= 11 is 0. The molecule has 0 saturated heterocycles. The van der Waals surface area contributed by atoms with E-state index in [-0.39, 0.29) is 6.42 Å². The minimum Gasteiger partial charge on any atom is -0.481 e. The summed E-state index contributed by atoms with van der Waals surface area (Å²) < 4.78 is 0. The fraction of sp³-hybridized carbons (Fsp3) is 0.667. The lowest BCUT2D eigenvalue weighted by Gasteiger charge is -2.20. The van der Waals surface area contributed by atoms with Gasteiger partial charge in [0.2, 0.25) is 0 Å². The number of aliphatic hydroxyl groups is 1. The Balaban J connectivity index is 4.00. The van der Waals surface area contributed by atoms with Crippen LogP contribution in [0.2, 0.25) is 0 Å². The maximum absolute atomic E-state index is 10.5. The lowest BCUT2D eigenvalue weighted by Crippen LogP contribution is -2.27. The third kappa shape index (κ3) is 10.1. The van der Waals surface area contributed by atoms with Crippen LogP contribution in [-0.4, -0.2) is 21.8 Å². The summed E-state index contributed by atoms with van der Waals surface area (Å²) in [5, 5.41) is 18.5. The van der Waals surface area contributed by atoms with Gasteiger partial charge in [0.05, 0.1) is 12.0 Å². The fourth-order valence-corrected chi connectivity index (χ4v) is 1.73. The molecule has 104 valence electrons. The van der Waals surface area contributed by atoms with Crippen molar-refractivity contribution in [3.63, 3.8) is 0 Å². The summed E-state index contributed by atoms with van der Waals surface area (Å²) in [6.07, 6.45) is 7.37. The Hall–Kier alpha value is -1.09. The smallest absolute Gasteiger partial charge is 0.306 e. The number of allylic oxidation sites excluding steroid dienone is 4. The van der Waals surface area contributed by atoms with E-state index in [0.717, 1.165) is 19.3 Å². The second-order valence-corrected chi connectivity index (χ2v) is 5.48. The van der Waals surface area contributed by atoms with E-state index in [1.165, 1.54) is 11.1 Å². The summed E-state index contributed by atoms with van der Waals surface area (Å²) in [6, 6.07) is 0. The normalized spacial score (nSPS) is 15.1. The Labute approximate surface area is 110 Å². The van der Waals surface area contributed by atoms with Gasteiger partial charge in [0.25, 0.3) is 0 Å². The molecule has 0 aromatic rings. The fourth-order valence-electron chi connectivity index (χ4n) is 1.73. The molecule has 0 aliphatic carbocycles. The topological polar surface area (TPSA) is 57.5 Å². The lowest BCUT2D eigenvalue weighted by molar-refractivity contribution is -0.142. The molecule has 0 aliphatic rings. The van der Waals surface area contributed by atoms with Crippen LogP contribution in [0.15, 0.2) is 23.3 Å². The molecule has 0 aromatic heterocycles. The Morgan fingerprint density at radius 2 is 1.78 bits per heavy atom. The Kier molecular flexibility index (Phi) is 7.60. The van der Waals surface area contributed by atoms with Crippen molar-refractivity contribution in [2.24, 2.45) is 0 Å². The van der Waals surface area contributed by atoms with E-state index in [1.54, 1.807) is 6.92 Å². The van der Waals surface area contributed by atoms with Crippen molar-refractivity contribution in [3.8, 4) is 0 Å². The van der Waals surface area contributed by atoms with Crippen molar-refractivity contribution < 1.29 is 15.0 Å². The Morgan fingerprint density at radius 3 is 2.28 bits per heavy atom. The van der Waals surface area contributed by atoms with Gasteiger partial charge in [-0.1, -0.05) is 23.3 Å². The zero-order chi connectivity index (χ0) is 14.2. The molecular weight excluding hydrogens is 228 g/mol. The highest BCUT2D eigenvalue weighted by Crippen LogP contribution is 2.18. The molecule has 0 radical (unpaired) electrons. The van der Waals surface area contributed by atoms with Crippen molar-refractivity contribution in [3.05, 3.63) is 23.3 Å². The number of carboxylic acids is 1. The third-order valence-electron chi connectivity index (χ3n) is 2.80. The SMILES string of the molecule is CC(C)=CCCC(C)=CCCC(C)(O)CC(=O)O. The summed E-state index contributed by atoms with van der Waals surface area (Å²) in [4.78, 5) is 10.5. The molecule has 3 heteroatoms. The summed E-state index contributed by atoms with van der Waals surface area (Å²) in [6.45, 7) is 7.82. The number of carboxylic acid groups (broad SMARTS) is 1. The minimum atomic E-state index is -1.11. The van der Waals surface area contributed by atoms with E-state index in [2.05, 4.69) is 32.9 Å². The number of hydrogen-bond acceptors (Lipinski definition) is 2. The predicted octanol–water partition coefficient (Wildman–Crippen LogP) is 3.69. The van der Waals surface area contributed by atoms with Gasteiger partial charge in [-0.2, -0.15) is 0 Å². The molecular formula is C15H26O3. The standard InChI is InChI=1S/C15H26O3/c1-12(2)7-5-8-13(3)9-6-10-15(4,18)11-14(16)17/h7,9,18H,5-6,8,10-11H2,1-4H3,(H,16,17). The van der Waals surface area contributed by atoms with Gasteiger partial charge in [-0.15, -0.1) is 0 Å². The first-order chi connectivity index (χ1) is 8.23. The lowest BCUT2D eigenvalue weighted by atomic mass is 9.95. The van der Waals surface area contributed by atoms with E-state index in [9.17, 15) is 9.90 Å². The molecule has 0 heterocycles. The molecule has 0 spiro atoms. The number of hydrogen-bond donors (Lipinski definition) is 2. The average Bonchev–Trinajstić information content (AvgIpc) is 2.14. The van der Waals surface area contributed by atoms with Crippen LogP contribution < -0.4 is 0 Å². The second-order valence-electron chi connectivity index (χ2n) is 5.48. The molecule has 0 amide bonds. The molecule has 2 N–H and O–H groups in total. The minimum absolute atomic E-state index is 0.197. The number of aliphatic carboxylic acids is 1. The van der Waals surface area contributed by atoms with E-state index in [1.807, 2.05) is 0 Å². The van der Waals surface area contributed by atoms with E-state index >= 15 is 0 Å². The first kappa shape index (κ1) is 16.9. The van der Waals surface area contributed by atoms with Crippen molar-refractivity contribution in [2.75, 3.05) is 0 Å². The molecule has 1 atom stereocenters. The molecule has 1 unspecified atom stereocenters. The van der Waals surface area contributed by atoms with Crippen molar-refractivity contribution >= 4 is 5.97 Å². The highest BCUT2D eigenvalue weighted by atomic mass is 16.4. The quantitative estimate of drug-likeness (QED) is 0.649. The largest absolute Gasteiger partial charge is 0.481 e. The summed E-state index contributed by atoms with van der Waals surface area (Å²) in [5.41, 5.74) is 1.51. The summed E-state index contributed by atoms with van der Waals surface area (Å²) in [7, 11) is 0. The molecule has 3 nitrogen and oxygen atoms in total. The van der Waals surface area contributed by atoms with Crippen LogP contribution >= 0.6 is 0 Å². The van der Waals surface area contributed by atoms with Gasteiger partial charge in [0.15, 0.2) is 0 Å². The van der Waals surface area contributed by atoms with Crippen LogP contribution in [-0.2, 0) is 4.79 Å². The van der Waals surface area contributed by atoms with Crippen molar-refractivity contribution in [1.82, 2.24) is 0 Å². The average molecular weight is 254 g/mol. The van der Waals surface area contributed by atoms with Crippen LogP contribution in [0.1, 0.15) is 59.8 Å². The maximum Gasteiger partial charge on any atom is 0.306 e. The number of rotatable bonds is 8. The highest BCUT2D eigenvalue weighted by molar-refractivity contribution is 5.67. The third-order valence-corrected chi connectivity index (χ3v) is 2.80. The first-order valence-electron chi connectivity index (χ1n) is 6.46. The maximum atomic E-state index is 10.5. The van der Waals surface area contributed by atoms with Gasteiger partial charge in [0.1, 0.15) is 0 Å². The molecule has 0 aromatic carbocycles. The molecule has 0 aliphatic heterocycles. The molecule has 18 heavy (non-hydrogen) atoms. The predicted molar refractivity (Wildman–Crippen MR) is 74.5 cm³/mol. The van der Waals surface area contributed by atoms with E-state index in [0.29, 0.717) is 6.42 Å². The number of carbonyl (C=O) groups is 1. The van der Waals surface area contributed by atoms with E-state index in [4.69, 9.17) is 5.11 Å². The highest BCUT2D eigenvalue weighted by Gasteiger charge is 2.22. The van der Waals surface area contributed by atoms with Crippen molar-refractivity contribution in [2.45, 2.75) is 65.4 Å². The first-order valence-corrected chi connectivity index (χ1v) is 6.46. The van der Waals surface area contributed by atoms with Crippen LogP contribution in [0, 0.1) is 0 Å². The molecule has 0 bridgehead atoms.